The van der Waals surface area contributed by atoms with Gasteiger partial charge in [-0.25, -0.2) is 4.98 Å². The maximum absolute atomic E-state index is 13.0. The molecule has 1 atom stereocenters. The lowest BCUT2D eigenvalue weighted by Crippen LogP contribution is -2.40. The molecule has 0 spiro atoms. The third-order valence-corrected chi connectivity index (χ3v) is 4.64. The monoisotopic (exact) mass is 330 g/mol. The van der Waals surface area contributed by atoms with E-state index in [0.29, 0.717) is 30.7 Å². The van der Waals surface area contributed by atoms with Crippen molar-refractivity contribution < 1.29 is 14.7 Å². The lowest BCUT2D eigenvalue weighted by atomic mass is 9.93. The van der Waals surface area contributed by atoms with Crippen LogP contribution in [-0.2, 0) is 4.79 Å². The molecule has 1 aliphatic heterocycles. The van der Waals surface area contributed by atoms with Crippen molar-refractivity contribution in [1.82, 2.24) is 20.1 Å². The van der Waals surface area contributed by atoms with Crippen LogP contribution in [0.3, 0.4) is 0 Å². The van der Waals surface area contributed by atoms with Crippen LogP contribution in [0.25, 0.3) is 11.0 Å². The number of aliphatic carboxylic acids is 1. The predicted octanol–water partition coefficient (Wildman–Crippen LogP) is 2.29. The summed E-state index contributed by atoms with van der Waals surface area (Å²) >= 11 is 0. The van der Waals surface area contributed by atoms with Gasteiger partial charge >= 0.3 is 5.97 Å². The molecule has 0 aromatic carbocycles. The number of aryl methyl sites for hydroxylation is 2. The van der Waals surface area contributed by atoms with E-state index in [1.807, 2.05) is 24.8 Å². The van der Waals surface area contributed by atoms with Crippen LogP contribution in [0.15, 0.2) is 6.07 Å². The van der Waals surface area contributed by atoms with Crippen LogP contribution >= 0.6 is 0 Å². The van der Waals surface area contributed by atoms with Crippen molar-refractivity contribution in [3.05, 3.63) is 23.0 Å². The SMILES string of the molecule is Cc1cc(C(=O)N2CCCC(CCC(=O)O)C2)c2c(C)[nH]nc2n1. The number of aromatic nitrogens is 3. The van der Waals surface area contributed by atoms with Gasteiger partial charge in [-0.3, -0.25) is 14.7 Å². The number of carboxylic acids is 1. The molecule has 7 heteroatoms. The molecule has 0 saturated carbocycles. The van der Waals surface area contributed by atoms with E-state index in [1.54, 1.807) is 0 Å². The van der Waals surface area contributed by atoms with Gasteiger partial charge in [0.15, 0.2) is 5.65 Å². The number of carboxylic acid groups (broad SMARTS) is 1. The summed E-state index contributed by atoms with van der Waals surface area (Å²) < 4.78 is 0. The van der Waals surface area contributed by atoms with Crippen LogP contribution in [0.4, 0.5) is 0 Å². The molecule has 7 nitrogen and oxygen atoms in total. The van der Waals surface area contributed by atoms with Crippen LogP contribution in [0, 0.1) is 19.8 Å². The third-order valence-electron chi connectivity index (χ3n) is 4.64. The number of nitrogens with zero attached hydrogens (tertiary/aromatic N) is 3. The molecule has 1 saturated heterocycles. The second-order valence-corrected chi connectivity index (χ2v) is 6.55. The summed E-state index contributed by atoms with van der Waals surface area (Å²) in [6, 6.07) is 1.81. The molecular formula is C17H22N4O3. The lowest BCUT2D eigenvalue weighted by Gasteiger charge is -2.33. The van der Waals surface area contributed by atoms with Crippen molar-refractivity contribution in [3.8, 4) is 0 Å². The number of carbonyl (C=O) groups is 2. The van der Waals surface area contributed by atoms with Crippen molar-refractivity contribution in [2.24, 2.45) is 5.92 Å². The zero-order valence-corrected chi connectivity index (χ0v) is 14.0. The smallest absolute Gasteiger partial charge is 0.303 e. The van der Waals surface area contributed by atoms with E-state index in [0.717, 1.165) is 29.6 Å². The number of rotatable bonds is 4. The second kappa shape index (κ2) is 6.59. The van der Waals surface area contributed by atoms with Crippen LogP contribution in [0.5, 0.6) is 0 Å². The van der Waals surface area contributed by atoms with Gasteiger partial charge in [0.05, 0.1) is 10.9 Å². The molecule has 2 N–H and O–H groups in total. The predicted molar refractivity (Wildman–Crippen MR) is 88.9 cm³/mol. The van der Waals surface area contributed by atoms with Gasteiger partial charge in [0.1, 0.15) is 0 Å². The van der Waals surface area contributed by atoms with Gasteiger partial charge in [-0.05, 0) is 45.1 Å². The standard InChI is InChI=1S/C17H22N4O3/c1-10-8-13(15-11(2)19-20-16(15)18-10)17(24)21-7-3-4-12(9-21)5-6-14(22)23/h8,12H,3-7,9H2,1-2H3,(H,22,23)(H,18,19,20). The molecule has 0 bridgehead atoms. The van der Waals surface area contributed by atoms with Gasteiger partial charge in [0, 0.05) is 30.9 Å². The maximum Gasteiger partial charge on any atom is 0.303 e. The van der Waals surface area contributed by atoms with E-state index in [-0.39, 0.29) is 18.2 Å². The van der Waals surface area contributed by atoms with E-state index in [1.165, 1.54) is 0 Å². The summed E-state index contributed by atoms with van der Waals surface area (Å²) in [6.07, 6.45) is 2.67. The highest BCUT2D eigenvalue weighted by Gasteiger charge is 2.27. The summed E-state index contributed by atoms with van der Waals surface area (Å²) in [4.78, 5) is 30.0. The minimum atomic E-state index is -0.779. The van der Waals surface area contributed by atoms with E-state index in [9.17, 15) is 9.59 Å². The number of fused-ring (bicyclic) bond motifs is 1. The lowest BCUT2D eigenvalue weighted by molar-refractivity contribution is -0.137. The minimum absolute atomic E-state index is 0.0185. The Morgan fingerprint density at radius 1 is 1.42 bits per heavy atom. The number of hydrogen-bond donors (Lipinski definition) is 2. The number of aromatic amines is 1. The summed E-state index contributed by atoms with van der Waals surface area (Å²) in [6.45, 7) is 5.06. The summed E-state index contributed by atoms with van der Waals surface area (Å²) in [5.41, 5.74) is 2.79. The summed E-state index contributed by atoms with van der Waals surface area (Å²) in [5.74, 6) is -0.545. The number of hydrogen-bond acceptors (Lipinski definition) is 4. The fourth-order valence-corrected chi connectivity index (χ4v) is 3.45. The molecule has 2 aromatic rings. The zero-order chi connectivity index (χ0) is 17.3. The van der Waals surface area contributed by atoms with E-state index in [4.69, 9.17) is 5.11 Å². The Hall–Kier alpha value is -2.44. The summed E-state index contributed by atoms with van der Waals surface area (Å²) in [7, 11) is 0. The highest BCUT2D eigenvalue weighted by molar-refractivity contribution is 6.06. The van der Waals surface area contributed by atoms with Crippen LogP contribution in [-0.4, -0.2) is 50.2 Å². The van der Waals surface area contributed by atoms with Gasteiger partial charge in [-0.15, -0.1) is 0 Å². The molecule has 2 aromatic heterocycles. The Bertz CT molecular complexity index is 783. The quantitative estimate of drug-likeness (QED) is 0.896. The molecular weight excluding hydrogens is 308 g/mol. The molecule has 128 valence electrons. The largest absolute Gasteiger partial charge is 0.481 e. The first kappa shape index (κ1) is 16.4. The zero-order valence-electron chi connectivity index (χ0n) is 14.0. The van der Waals surface area contributed by atoms with Gasteiger partial charge in [0.2, 0.25) is 0 Å². The molecule has 1 aliphatic rings. The number of H-pyrrole nitrogens is 1. The number of amides is 1. The Morgan fingerprint density at radius 3 is 2.96 bits per heavy atom. The van der Waals surface area contributed by atoms with Crippen molar-refractivity contribution in [2.75, 3.05) is 13.1 Å². The van der Waals surface area contributed by atoms with Crippen LogP contribution < -0.4 is 0 Å². The first-order valence-electron chi connectivity index (χ1n) is 8.29. The average Bonchev–Trinajstić information content (AvgIpc) is 2.92. The molecule has 1 fully saturated rings. The Balaban J connectivity index is 1.83. The van der Waals surface area contributed by atoms with Gasteiger partial charge in [-0.1, -0.05) is 0 Å². The first-order valence-corrected chi connectivity index (χ1v) is 8.29. The molecule has 0 radical (unpaired) electrons. The van der Waals surface area contributed by atoms with Gasteiger partial charge in [0.25, 0.3) is 5.91 Å². The van der Waals surface area contributed by atoms with Crippen molar-refractivity contribution in [3.63, 3.8) is 0 Å². The van der Waals surface area contributed by atoms with Gasteiger partial charge in [-0.2, -0.15) is 5.10 Å². The van der Waals surface area contributed by atoms with Crippen molar-refractivity contribution >= 4 is 22.9 Å². The highest BCUT2D eigenvalue weighted by Crippen LogP contribution is 2.26. The second-order valence-electron chi connectivity index (χ2n) is 6.55. The van der Waals surface area contributed by atoms with Crippen molar-refractivity contribution in [1.29, 1.82) is 0 Å². The van der Waals surface area contributed by atoms with Crippen LogP contribution in [0.1, 0.15) is 47.4 Å². The normalized spacial score (nSPS) is 18.1. The number of pyridine rings is 1. The molecule has 1 unspecified atom stereocenters. The molecule has 3 heterocycles. The van der Waals surface area contributed by atoms with Crippen LogP contribution in [0.2, 0.25) is 0 Å². The third kappa shape index (κ3) is 3.25. The average molecular weight is 330 g/mol. The Kier molecular flexibility index (Phi) is 4.51. The fourth-order valence-electron chi connectivity index (χ4n) is 3.45. The fraction of sp³-hybridized carbons (Fsp3) is 0.529. The highest BCUT2D eigenvalue weighted by atomic mass is 16.4. The Labute approximate surface area is 140 Å². The molecule has 3 rings (SSSR count). The number of likely N-dealkylation sites (tertiary alicyclic amines) is 1. The van der Waals surface area contributed by atoms with E-state index < -0.39 is 5.97 Å². The van der Waals surface area contributed by atoms with E-state index in [2.05, 4.69) is 15.2 Å². The first-order chi connectivity index (χ1) is 11.5. The summed E-state index contributed by atoms with van der Waals surface area (Å²) in [5, 5.41) is 16.7. The van der Waals surface area contributed by atoms with Crippen molar-refractivity contribution in [2.45, 2.75) is 39.5 Å². The van der Waals surface area contributed by atoms with E-state index >= 15 is 0 Å². The number of piperidine rings is 1. The molecule has 24 heavy (non-hydrogen) atoms. The Morgan fingerprint density at radius 2 is 2.21 bits per heavy atom. The number of carbonyl (C=O) groups excluding carboxylic acids is 1. The van der Waals surface area contributed by atoms with Gasteiger partial charge < -0.3 is 10.0 Å². The molecule has 0 aliphatic carbocycles. The minimum Gasteiger partial charge on any atom is -0.481 e. The molecule has 1 amide bonds. The maximum atomic E-state index is 13.0. The topological polar surface area (TPSA) is 99.2 Å². The number of nitrogens with one attached hydrogen (secondary N) is 1.